The molecule has 1 saturated carbocycles. The van der Waals surface area contributed by atoms with Crippen molar-refractivity contribution in [2.24, 2.45) is 5.92 Å². The van der Waals surface area contributed by atoms with Gasteiger partial charge >= 0.3 is 0 Å². The van der Waals surface area contributed by atoms with Gasteiger partial charge in [-0.2, -0.15) is 0 Å². The van der Waals surface area contributed by atoms with Crippen molar-refractivity contribution in [3.05, 3.63) is 48.0 Å². The monoisotopic (exact) mass is 476 g/mol. The smallest absolute Gasteiger partial charge is 0.235 e. The van der Waals surface area contributed by atoms with E-state index in [-0.39, 0.29) is 29.9 Å². The number of piperidine rings is 1. The minimum Gasteiger partial charge on any atom is -0.491 e. The second kappa shape index (κ2) is 9.65. The first-order valence-corrected chi connectivity index (χ1v) is 12.9. The summed E-state index contributed by atoms with van der Waals surface area (Å²) in [5, 5.41) is 3.11. The maximum Gasteiger partial charge on any atom is 0.235 e. The summed E-state index contributed by atoms with van der Waals surface area (Å²) in [4.78, 5) is 28.4. The van der Waals surface area contributed by atoms with E-state index >= 15 is 0 Å². The average Bonchev–Trinajstić information content (AvgIpc) is 3.14. The van der Waals surface area contributed by atoms with Crippen molar-refractivity contribution in [2.45, 2.75) is 70.0 Å². The topological polar surface area (TPSA) is 67.9 Å². The second-order valence-corrected chi connectivity index (χ2v) is 10.5. The third kappa shape index (κ3) is 4.56. The van der Waals surface area contributed by atoms with Crippen LogP contribution in [-0.4, -0.2) is 49.1 Å². The van der Waals surface area contributed by atoms with Crippen LogP contribution in [0.5, 0.6) is 5.75 Å². The first-order valence-electron chi connectivity index (χ1n) is 12.9. The lowest BCUT2D eigenvalue weighted by Crippen LogP contribution is -2.50. The molecule has 0 aromatic heterocycles. The van der Waals surface area contributed by atoms with Gasteiger partial charge in [-0.1, -0.05) is 24.6 Å². The van der Waals surface area contributed by atoms with Crippen LogP contribution in [0.15, 0.2) is 42.5 Å². The Morgan fingerprint density at radius 1 is 1.06 bits per heavy atom. The zero-order valence-electron chi connectivity index (χ0n) is 21.0. The minimum atomic E-state index is -0.565. The molecule has 1 spiro atoms. The van der Waals surface area contributed by atoms with Gasteiger partial charge in [0.2, 0.25) is 11.8 Å². The Kier molecular flexibility index (Phi) is 6.58. The molecule has 0 unspecified atom stereocenters. The normalized spacial score (nSPS) is 23.3. The van der Waals surface area contributed by atoms with Gasteiger partial charge in [0.15, 0.2) is 0 Å². The summed E-state index contributed by atoms with van der Waals surface area (Å²) in [5.74, 6) is 1.19. The highest BCUT2D eigenvalue weighted by molar-refractivity contribution is 6.07. The van der Waals surface area contributed by atoms with Gasteiger partial charge in [-0.25, -0.2) is 0 Å². The molecule has 1 saturated heterocycles. The Morgan fingerprint density at radius 3 is 2.46 bits per heavy atom. The third-order valence-corrected chi connectivity index (χ3v) is 8.01. The van der Waals surface area contributed by atoms with Gasteiger partial charge in [0.25, 0.3) is 0 Å². The molecule has 2 atom stereocenters. The number of benzene rings is 2. The Balaban J connectivity index is 1.32. The quantitative estimate of drug-likeness (QED) is 0.647. The molecule has 3 aliphatic rings. The standard InChI is InChI=1S/C29H36N2O4/c1-19(2)35-23-10-7-20(8-11-23)21-9-12-26-25(18-21)29(28(33)30-26)13-15-31(16-14-29)27(32)22-5-4-6-24(17-22)34-3/h7-12,18-19,22,24H,4-6,13-17H2,1-3H3,(H,30,33)/t22-,24-/m0/s1. The third-order valence-electron chi connectivity index (χ3n) is 8.01. The summed E-state index contributed by atoms with van der Waals surface area (Å²) in [7, 11) is 1.74. The molecule has 5 rings (SSSR count). The lowest BCUT2D eigenvalue weighted by atomic mass is 9.73. The first kappa shape index (κ1) is 23.9. The summed E-state index contributed by atoms with van der Waals surface area (Å²) < 4.78 is 11.3. The van der Waals surface area contributed by atoms with Crippen LogP contribution < -0.4 is 10.1 Å². The number of anilines is 1. The number of likely N-dealkylation sites (tertiary alicyclic amines) is 1. The first-order chi connectivity index (χ1) is 16.9. The van der Waals surface area contributed by atoms with Gasteiger partial charge < -0.3 is 19.7 Å². The maximum atomic E-state index is 13.2. The lowest BCUT2D eigenvalue weighted by Gasteiger charge is -2.40. The van der Waals surface area contributed by atoms with Crippen molar-refractivity contribution in [1.82, 2.24) is 4.90 Å². The number of carbonyl (C=O) groups is 2. The average molecular weight is 477 g/mol. The number of rotatable bonds is 5. The minimum absolute atomic E-state index is 0.0432. The van der Waals surface area contributed by atoms with Gasteiger partial charge in [-0.05, 0) is 86.9 Å². The number of hydrogen-bond acceptors (Lipinski definition) is 4. The van der Waals surface area contributed by atoms with Gasteiger partial charge in [0.1, 0.15) is 5.75 Å². The molecule has 35 heavy (non-hydrogen) atoms. The van der Waals surface area contributed by atoms with Crippen LogP contribution in [0, 0.1) is 5.92 Å². The number of carbonyl (C=O) groups excluding carboxylic acids is 2. The summed E-state index contributed by atoms with van der Waals surface area (Å²) in [6.45, 7) is 5.26. The Hall–Kier alpha value is -2.86. The van der Waals surface area contributed by atoms with Crippen LogP contribution in [0.25, 0.3) is 11.1 Å². The number of hydrogen-bond donors (Lipinski definition) is 1. The van der Waals surface area contributed by atoms with E-state index in [9.17, 15) is 9.59 Å². The fourth-order valence-corrected chi connectivity index (χ4v) is 6.04. The molecular formula is C29H36N2O4. The van der Waals surface area contributed by atoms with E-state index in [1.807, 2.05) is 36.9 Å². The van der Waals surface area contributed by atoms with Crippen LogP contribution in [0.2, 0.25) is 0 Å². The summed E-state index contributed by atoms with van der Waals surface area (Å²) in [6, 6.07) is 14.3. The zero-order chi connectivity index (χ0) is 24.6. The van der Waals surface area contributed by atoms with Gasteiger partial charge in [-0.3, -0.25) is 9.59 Å². The molecule has 186 valence electrons. The van der Waals surface area contributed by atoms with Crippen molar-refractivity contribution in [1.29, 1.82) is 0 Å². The lowest BCUT2D eigenvalue weighted by molar-refractivity contribution is -0.141. The van der Waals surface area contributed by atoms with Gasteiger partial charge in [-0.15, -0.1) is 0 Å². The highest BCUT2D eigenvalue weighted by Crippen LogP contribution is 2.46. The Labute approximate surface area is 208 Å². The largest absolute Gasteiger partial charge is 0.491 e. The fraction of sp³-hybridized carbons (Fsp3) is 0.517. The van der Waals surface area contributed by atoms with Crippen LogP contribution in [-0.2, 0) is 19.7 Å². The van der Waals surface area contributed by atoms with E-state index in [4.69, 9.17) is 9.47 Å². The molecule has 6 heteroatoms. The van der Waals surface area contributed by atoms with Crippen molar-refractivity contribution < 1.29 is 19.1 Å². The van der Waals surface area contributed by atoms with E-state index in [0.717, 1.165) is 53.8 Å². The molecule has 1 N–H and O–H groups in total. The molecule has 2 aliphatic heterocycles. The molecule has 2 heterocycles. The molecule has 2 aromatic rings. The van der Waals surface area contributed by atoms with Crippen LogP contribution in [0.1, 0.15) is 57.9 Å². The number of nitrogens with zero attached hydrogens (tertiary/aromatic N) is 1. The predicted molar refractivity (Wildman–Crippen MR) is 137 cm³/mol. The number of nitrogens with one attached hydrogen (secondary N) is 1. The van der Waals surface area contributed by atoms with Gasteiger partial charge in [0, 0.05) is 31.8 Å². The van der Waals surface area contributed by atoms with E-state index < -0.39 is 5.41 Å². The molecule has 0 bridgehead atoms. The van der Waals surface area contributed by atoms with Crippen LogP contribution in [0.3, 0.4) is 0 Å². The molecule has 2 fully saturated rings. The maximum absolute atomic E-state index is 13.2. The second-order valence-electron chi connectivity index (χ2n) is 10.5. The van der Waals surface area contributed by atoms with Crippen molar-refractivity contribution >= 4 is 17.5 Å². The van der Waals surface area contributed by atoms with Crippen molar-refractivity contribution in [3.63, 3.8) is 0 Å². The molecular weight excluding hydrogens is 440 g/mol. The van der Waals surface area contributed by atoms with Crippen LogP contribution >= 0.6 is 0 Å². The van der Waals surface area contributed by atoms with Crippen molar-refractivity contribution in [3.8, 4) is 16.9 Å². The summed E-state index contributed by atoms with van der Waals surface area (Å²) in [5.41, 5.74) is 3.57. The number of methoxy groups -OCH3 is 1. The molecule has 6 nitrogen and oxygen atoms in total. The number of amides is 2. The van der Waals surface area contributed by atoms with E-state index in [1.54, 1.807) is 7.11 Å². The van der Waals surface area contributed by atoms with Crippen LogP contribution in [0.4, 0.5) is 5.69 Å². The zero-order valence-corrected chi connectivity index (χ0v) is 21.0. The fourth-order valence-electron chi connectivity index (χ4n) is 6.04. The Bertz CT molecular complexity index is 1090. The molecule has 2 aromatic carbocycles. The molecule has 1 aliphatic carbocycles. The summed E-state index contributed by atoms with van der Waals surface area (Å²) in [6.07, 6.45) is 5.45. The molecule has 2 amide bonds. The Morgan fingerprint density at radius 2 is 1.77 bits per heavy atom. The van der Waals surface area contributed by atoms with Crippen molar-refractivity contribution in [2.75, 3.05) is 25.5 Å². The highest BCUT2D eigenvalue weighted by atomic mass is 16.5. The van der Waals surface area contributed by atoms with E-state index in [1.165, 1.54) is 0 Å². The number of fused-ring (bicyclic) bond motifs is 2. The SMILES string of the molecule is CO[C@H]1CCC[C@H](C(=O)N2CCC3(CC2)C(=O)Nc2ccc(-c4ccc(OC(C)C)cc4)cc23)C1. The van der Waals surface area contributed by atoms with E-state index in [2.05, 4.69) is 29.6 Å². The van der Waals surface area contributed by atoms with E-state index in [0.29, 0.717) is 25.9 Å². The summed E-state index contributed by atoms with van der Waals surface area (Å²) >= 11 is 0. The molecule has 0 radical (unpaired) electrons. The van der Waals surface area contributed by atoms with Gasteiger partial charge in [0.05, 0.1) is 17.6 Å². The highest BCUT2D eigenvalue weighted by Gasteiger charge is 2.49. The predicted octanol–water partition coefficient (Wildman–Crippen LogP) is 5.16. The number of ether oxygens (including phenoxy) is 2.